The predicted molar refractivity (Wildman–Crippen MR) is 57.4 cm³/mol. The van der Waals surface area contributed by atoms with Gasteiger partial charge in [0.15, 0.2) is 11.6 Å². The summed E-state index contributed by atoms with van der Waals surface area (Å²) < 4.78 is 19.5. The summed E-state index contributed by atoms with van der Waals surface area (Å²) in [5, 5.41) is 0. The first-order valence-corrected chi connectivity index (χ1v) is 5.14. The van der Waals surface area contributed by atoms with E-state index in [9.17, 15) is 4.39 Å². The molecule has 0 saturated carbocycles. The third-order valence-corrected chi connectivity index (χ3v) is 2.81. The molecule has 1 aromatic rings. The minimum Gasteiger partial charge on any atom is -0.484 e. The van der Waals surface area contributed by atoms with Crippen LogP contribution in [-0.2, 0) is 0 Å². The fourth-order valence-corrected chi connectivity index (χ4v) is 2.02. The molecule has 2 rings (SSSR count). The van der Waals surface area contributed by atoms with Gasteiger partial charge in [0.05, 0.1) is 0 Å². The third kappa shape index (κ3) is 1.72. The van der Waals surface area contributed by atoms with E-state index in [1.165, 1.54) is 0 Å². The summed E-state index contributed by atoms with van der Waals surface area (Å²) in [6.45, 7) is 5.58. The summed E-state index contributed by atoms with van der Waals surface area (Å²) >= 11 is 0. The minimum absolute atomic E-state index is 0.140. The molecule has 1 aromatic carbocycles. The molecule has 0 radical (unpaired) electrons. The van der Waals surface area contributed by atoms with E-state index in [1.54, 1.807) is 13.0 Å². The van der Waals surface area contributed by atoms with Crippen LogP contribution in [0.25, 0.3) is 0 Å². The molecule has 1 aliphatic heterocycles. The smallest absolute Gasteiger partial charge is 0.168 e. The van der Waals surface area contributed by atoms with E-state index in [1.807, 2.05) is 19.9 Å². The van der Waals surface area contributed by atoms with Gasteiger partial charge < -0.3 is 10.5 Å². The van der Waals surface area contributed by atoms with Crippen LogP contribution in [0, 0.1) is 12.7 Å². The molecule has 0 spiro atoms. The highest BCUT2D eigenvalue weighted by molar-refractivity contribution is 5.43. The first kappa shape index (κ1) is 10.4. The van der Waals surface area contributed by atoms with Gasteiger partial charge in [-0.15, -0.1) is 0 Å². The number of nitrogens with two attached hydrogens (primary N) is 1. The first-order valence-electron chi connectivity index (χ1n) is 5.14. The number of halogens is 1. The molecular weight excluding hydrogens is 193 g/mol. The minimum atomic E-state index is -0.388. The Labute approximate surface area is 89.2 Å². The predicted octanol–water partition coefficient (Wildman–Crippen LogP) is 2.70. The second-order valence-electron chi connectivity index (χ2n) is 4.79. The largest absolute Gasteiger partial charge is 0.484 e. The average Bonchev–Trinajstić information content (AvgIpc) is 2.10. The van der Waals surface area contributed by atoms with Crippen molar-refractivity contribution in [2.24, 2.45) is 5.73 Å². The van der Waals surface area contributed by atoms with Crippen LogP contribution in [0.1, 0.15) is 37.4 Å². The number of aryl methyl sites for hydroxylation is 1. The van der Waals surface area contributed by atoms with Gasteiger partial charge in [0.25, 0.3) is 0 Å². The zero-order valence-corrected chi connectivity index (χ0v) is 9.30. The lowest BCUT2D eigenvalue weighted by Gasteiger charge is -2.36. The summed E-state index contributed by atoms with van der Waals surface area (Å²) in [4.78, 5) is 0. The third-order valence-electron chi connectivity index (χ3n) is 2.81. The Hall–Kier alpha value is -1.09. The van der Waals surface area contributed by atoms with Crippen molar-refractivity contribution in [3.63, 3.8) is 0 Å². The maximum Gasteiger partial charge on any atom is 0.168 e. The van der Waals surface area contributed by atoms with Crippen molar-refractivity contribution in [1.29, 1.82) is 0 Å². The number of ether oxygens (including phenoxy) is 1. The zero-order valence-electron chi connectivity index (χ0n) is 9.30. The van der Waals surface area contributed by atoms with Gasteiger partial charge in [-0.25, -0.2) is 4.39 Å². The lowest BCUT2D eigenvalue weighted by molar-refractivity contribution is 0.0672. The lowest BCUT2D eigenvalue weighted by Crippen LogP contribution is -2.38. The Kier molecular flexibility index (Phi) is 2.23. The second-order valence-corrected chi connectivity index (χ2v) is 4.79. The maximum absolute atomic E-state index is 13.8. The molecule has 15 heavy (non-hydrogen) atoms. The Morgan fingerprint density at radius 3 is 2.80 bits per heavy atom. The van der Waals surface area contributed by atoms with Crippen molar-refractivity contribution in [1.82, 2.24) is 0 Å². The topological polar surface area (TPSA) is 35.2 Å². The van der Waals surface area contributed by atoms with E-state index in [0.717, 1.165) is 5.56 Å². The summed E-state index contributed by atoms with van der Waals surface area (Å²) in [6.07, 6.45) is 0.711. The summed E-state index contributed by atoms with van der Waals surface area (Å²) in [5.41, 5.74) is 6.98. The van der Waals surface area contributed by atoms with Crippen LogP contribution < -0.4 is 10.5 Å². The van der Waals surface area contributed by atoms with Crippen molar-refractivity contribution in [3.05, 3.63) is 29.1 Å². The van der Waals surface area contributed by atoms with Crippen LogP contribution in [0.15, 0.2) is 12.1 Å². The van der Waals surface area contributed by atoms with Crippen LogP contribution >= 0.6 is 0 Å². The molecule has 0 bridgehead atoms. The number of rotatable bonds is 0. The van der Waals surface area contributed by atoms with E-state index >= 15 is 0 Å². The lowest BCUT2D eigenvalue weighted by atomic mass is 9.89. The van der Waals surface area contributed by atoms with Crippen LogP contribution in [0.2, 0.25) is 0 Å². The molecule has 2 N–H and O–H groups in total. The Bertz CT molecular complexity index is 401. The van der Waals surface area contributed by atoms with Crippen molar-refractivity contribution >= 4 is 0 Å². The molecule has 1 atom stereocenters. The molecule has 2 nitrogen and oxygen atoms in total. The van der Waals surface area contributed by atoms with Crippen molar-refractivity contribution in [3.8, 4) is 5.75 Å². The summed E-state index contributed by atoms with van der Waals surface area (Å²) in [7, 11) is 0. The van der Waals surface area contributed by atoms with Crippen LogP contribution in [-0.4, -0.2) is 5.60 Å². The summed E-state index contributed by atoms with van der Waals surface area (Å²) in [5.74, 6) is 0.0504. The summed E-state index contributed by atoms with van der Waals surface area (Å²) in [6, 6.07) is 3.46. The van der Waals surface area contributed by atoms with Gasteiger partial charge in [0.2, 0.25) is 0 Å². The number of hydrogen-bond donors (Lipinski definition) is 1. The van der Waals surface area contributed by atoms with Gasteiger partial charge in [-0.2, -0.15) is 0 Å². The van der Waals surface area contributed by atoms with E-state index in [-0.39, 0.29) is 17.5 Å². The maximum atomic E-state index is 13.8. The highest BCUT2D eigenvalue weighted by Gasteiger charge is 2.33. The normalized spacial score (nSPS) is 23.1. The Balaban J connectivity index is 2.56. The monoisotopic (exact) mass is 209 g/mol. The van der Waals surface area contributed by atoms with E-state index in [2.05, 4.69) is 0 Å². The van der Waals surface area contributed by atoms with Gasteiger partial charge in [0.1, 0.15) is 5.60 Å². The van der Waals surface area contributed by atoms with E-state index < -0.39 is 0 Å². The molecule has 0 amide bonds. The molecule has 0 fully saturated rings. The molecule has 1 heterocycles. The standard InChI is InChI=1S/C12H16FNO/c1-7-4-5-8-9(14)6-12(2,3)15-11(8)10(7)13/h4-5,9H,6,14H2,1-3H3. The highest BCUT2D eigenvalue weighted by Crippen LogP contribution is 2.40. The Morgan fingerprint density at radius 2 is 2.13 bits per heavy atom. The van der Waals surface area contributed by atoms with Crippen LogP contribution in [0.4, 0.5) is 4.39 Å². The molecule has 0 aromatic heterocycles. The molecular formula is C12H16FNO. The van der Waals surface area contributed by atoms with Gasteiger partial charge in [0, 0.05) is 18.0 Å². The van der Waals surface area contributed by atoms with Crippen molar-refractivity contribution in [2.75, 3.05) is 0 Å². The van der Waals surface area contributed by atoms with Gasteiger partial charge in [-0.05, 0) is 26.3 Å². The molecule has 0 aliphatic carbocycles. The fraction of sp³-hybridized carbons (Fsp3) is 0.500. The Morgan fingerprint density at radius 1 is 1.47 bits per heavy atom. The van der Waals surface area contributed by atoms with Gasteiger partial charge in [-0.3, -0.25) is 0 Å². The van der Waals surface area contributed by atoms with Crippen LogP contribution in [0.3, 0.4) is 0 Å². The number of benzene rings is 1. The second kappa shape index (κ2) is 3.20. The highest BCUT2D eigenvalue weighted by atomic mass is 19.1. The molecule has 0 saturated heterocycles. The number of hydrogen-bond acceptors (Lipinski definition) is 2. The molecule has 3 heteroatoms. The fourth-order valence-electron chi connectivity index (χ4n) is 2.02. The molecule has 1 unspecified atom stereocenters. The SMILES string of the molecule is Cc1ccc2c(c1F)OC(C)(C)CC2N. The molecule has 1 aliphatic rings. The van der Waals surface area contributed by atoms with Gasteiger partial charge >= 0.3 is 0 Å². The van der Waals surface area contributed by atoms with Crippen molar-refractivity contribution in [2.45, 2.75) is 38.8 Å². The van der Waals surface area contributed by atoms with Crippen LogP contribution in [0.5, 0.6) is 5.75 Å². The first-order chi connectivity index (χ1) is 6.91. The average molecular weight is 209 g/mol. The van der Waals surface area contributed by atoms with E-state index in [0.29, 0.717) is 17.7 Å². The van der Waals surface area contributed by atoms with Gasteiger partial charge in [-0.1, -0.05) is 12.1 Å². The van der Waals surface area contributed by atoms with Crippen molar-refractivity contribution < 1.29 is 9.13 Å². The quantitative estimate of drug-likeness (QED) is 0.713. The molecule has 82 valence electrons. The van der Waals surface area contributed by atoms with E-state index in [4.69, 9.17) is 10.5 Å². The number of fused-ring (bicyclic) bond motifs is 1. The zero-order chi connectivity index (χ0) is 11.2.